The number of hydrogen-bond donors (Lipinski definition) is 2. The van der Waals surface area contributed by atoms with E-state index in [9.17, 15) is 9.90 Å². The lowest BCUT2D eigenvalue weighted by Crippen LogP contribution is -2.19. The number of carbonyl (C=O) groups is 1. The Labute approximate surface area is 130 Å². The number of aliphatic hydroxyl groups excluding tert-OH is 1. The third kappa shape index (κ3) is 7.85. The van der Waals surface area contributed by atoms with E-state index in [4.69, 9.17) is 5.11 Å². The molecule has 124 valence electrons. The Morgan fingerprint density at radius 1 is 0.952 bits per heavy atom. The third-order valence-corrected chi connectivity index (χ3v) is 5.04. The number of aliphatic hydroxyl groups is 1. The van der Waals surface area contributed by atoms with Crippen LogP contribution in [0.15, 0.2) is 0 Å². The van der Waals surface area contributed by atoms with E-state index in [1.54, 1.807) is 0 Å². The summed E-state index contributed by atoms with van der Waals surface area (Å²) in [6.07, 6.45) is 14.2. The fourth-order valence-electron chi connectivity index (χ4n) is 3.76. The molecule has 0 heterocycles. The molecule has 0 aromatic heterocycles. The van der Waals surface area contributed by atoms with Crippen molar-refractivity contribution < 1.29 is 15.0 Å². The molecule has 1 saturated carbocycles. The van der Waals surface area contributed by atoms with Crippen molar-refractivity contribution in [2.24, 2.45) is 11.8 Å². The van der Waals surface area contributed by atoms with Gasteiger partial charge < -0.3 is 10.2 Å². The van der Waals surface area contributed by atoms with E-state index in [1.807, 2.05) is 0 Å². The van der Waals surface area contributed by atoms with Gasteiger partial charge in [0.05, 0.1) is 6.10 Å². The summed E-state index contributed by atoms with van der Waals surface area (Å²) in [7, 11) is 0. The predicted molar refractivity (Wildman–Crippen MR) is 86.3 cm³/mol. The van der Waals surface area contributed by atoms with Crippen LogP contribution in [0.1, 0.15) is 90.4 Å². The molecular weight excluding hydrogens is 264 g/mol. The van der Waals surface area contributed by atoms with Crippen LogP contribution in [0.5, 0.6) is 0 Å². The summed E-state index contributed by atoms with van der Waals surface area (Å²) in [5, 5.41) is 18.8. The van der Waals surface area contributed by atoms with Crippen LogP contribution in [0.2, 0.25) is 0 Å². The normalized spacial score (nSPS) is 25.3. The smallest absolute Gasteiger partial charge is 0.303 e. The Kier molecular flexibility index (Phi) is 9.73. The highest BCUT2D eigenvalue weighted by atomic mass is 16.4. The minimum atomic E-state index is -0.687. The molecule has 0 radical (unpaired) electrons. The number of hydrogen-bond acceptors (Lipinski definition) is 2. The van der Waals surface area contributed by atoms with Crippen molar-refractivity contribution in [1.29, 1.82) is 0 Å². The first-order valence-electron chi connectivity index (χ1n) is 9.05. The van der Waals surface area contributed by atoms with Gasteiger partial charge in [-0.2, -0.15) is 0 Å². The molecule has 0 aromatic rings. The van der Waals surface area contributed by atoms with Crippen molar-refractivity contribution in [2.45, 2.75) is 96.5 Å². The van der Waals surface area contributed by atoms with Crippen LogP contribution in [0.25, 0.3) is 0 Å². The molecule has 0 amide bonds. The quantitative estimate of drug-likeness (QED) is 0.510. The van der Waals surface area contributed by atoms with Gasteiger partial charge in [0, 0.05) is 6.42 Å². The van der Waals surface area contributed by atoms with Gasteiger partial charge in [-0.15, -0.1) is 0 Å². The molecule has 1 fully saturated rings. The molecule has 2 N–H and O–H groups in total. The summed E-state index contributed by atoms with van der Waals surface area (Å²) < 4.78 is 0. The SMILES string of the molecule is CCCCCC[C@@H]1CC[C@H](O)[C@@H]1CCCCCCC(=O)O. The Bertz CT molecular complexity index is 278. The second-order valence-corrected chi connectivity index (χ2v) is 6.76. The molecule has 0 saturated heterocycles. The average Bonchev–Trinajstić information content (AvgIpc) is 2.79. The molecule has 1 aliphatic rings. The lowest BCUT2D eigenvalue weighted by molar-refractivity contribution is -0.137. The van der Waals surface area contributed by atoms with E-state index < -0.39 is 5.97 Å². The summed E-state index contributed by atoms with van der Waals surface area (Å²) >= 11 is 0. The molecule has 3 nitrogen and oxygen atoms in total. The molecule has 0 unspecified atom stereocenters. The topological polar surface area (TPSA) is 57.5 Å². The molecular formula is C18H34O3. The lowest BCUT2D eigenvalue weighted by Gasteiger charge is -2.22. The van der Waals surface area contributed by atoms with Crippen LogP contribution >= 0.6 is 0 Å². The van der Waals surface area contributed by atoms with Gasteiger partial charge in [-0.3, -0.25) is 4.79 Å². The van der Waals surface area contributed by atoms with Crippen molar-refractivity contribution >= 4 is 5.97 Å². The number of carboxylic acids is 1. The van der Waals surface area contributed by atoms with Crippen LogP contribution in [-0.2, 0) is 4.79 Å². The molecule has 3 atom stereocenters. The minimum absolute atomic E-state index is 0.0832. The molecule has 0 aliphatic heterocycles. The first-order chi connectivity index (χ1) is 10.1. The highest BCUT2D eigenvalue weighted by molar-refractivity contribution is 5.66. The molecule has 1 aliphatic carbocycles. The average molecular weight is 298 g/mol. The van der Waals surface area contributed by atoms with Gasteiger partial charge in [0.15, 0.2) is 0 Å². The minimum Gasteiger partial charge on any atom is -0.481 e. The van der Waals surface area contributed by atoms with Crippen molar-refractivity contribution in [2.75, 3.05) is 0 Å². The zero-order valence-corrected chi connectivity index (χ0v) is 13.7. The van der Waals surface area contributed by atoms with Crippen LogP contribution in [-0.4, -0.2) is 22.3 Å². The molecule has 21 heavy (non-hydrogen) atoms. The number of rotatable bonds is 12. The van der Waals surface area contributed by atoms with E-state index in [0.29, 0.717) is 12.3 Å². The first kappa shape index (κ1) is 18.5. The Balaban J connectivity index is 2.13. The summed E-state index contributed by atoms with van der Waals surface area (Å²) in [6.45, 7) is 2.24. The fraction of sp³-hybridized carbons (Fsp3) is 0.944. The molecule has 3 heteroatoms. The van der Waals surface area contributed by atoms with Crippen molar-refractivity contribution in [3.63, 3.8) is 0 Å². The van der Waals surface area contributed by atoms with Gasteiger partial charge in [-0.25, -0.2) is 0 Å². The number of carboxylic acid groups (broad SMARTS) is 1. The highest BCUT2D eigenvalue weighted by Crippen LogP contribution is 2.38. The van der Waals surface area contributed by atoms with Crippen molar-refractivity contribution in [1.82, 2.24) is 0 Å². The summed E-state index contributed by atoms with van der Waals surface area (Å²) in [5.74, 6) is 0.551. The maximum atomic E-state index is 10.4. The summed E-state index contributed by atoms with van der Waals surface area (Å²) in [5.41, 5.74) is 0. The van der Waals surface area contributed by atoms with Crippen LogP contribution < -0.4 is 0 Å². The Hall–Kier alpha value is -0.570. The van der Waals surface area contributed by atoms with Gasteiger partial charge in [-0.05, 0) is 37.5 Å². The van der Waals surface area contributed by atoms with Crippen LogP contribution in [0.4, 0.5) is 0 Å². The maximum absolute atomic E-state index is 10.4. The second kappa shape index (κ2) is 11.1. The van der Waals surface area contributed by atoms with Crippen LogP contribution in [0, 0.1) is 11.8 Å². The van der Waals surface area contributed by atoms with E-state index in [-0.39, 0.29) is 6.10 Å². The van der Waals surface area contributed by atoms with E-state index >= 15 is 0 Å². The predicted octanol–water partition coefficient (Wildman–Crippen LogP) is 4.77. The van der Waals surface area contributed by atoms with Gasteiger partial charge >= 0.3 is 5.97 Å². The third-order valence-electron chi connectivity index (χ3n) is 5.04. The molecule has 0 spiro atoms. The monoisotopic (exact) mass is 298 g/mol. The van der Waals surface area contributed by atoms with E-state index in [1.165, 1.54) is 38.5 Å². The number of unbranched alkanes of at least 4 members (excludes halogenated alkanes) is 6. The van der Waals surface area contributed by atoms with Crippen molar-refractivity contribution in [3.8, 4) is 0 Å². The first-order valence-corrected chi connectivity index (χ1v) is 9.05. The largest absolute Gasteiger partial charge is 0.481 e. The fourth-order valence-corrected chi connectivity index (χ4v) is 3.76. The summed E-state index contributed by atoms with van der Waals surface area (Å²) in [4.78, 5) is 10.4. The second-order valence-electron chi connectivity index (χ2n) is 6.76. The standard InChI is InChI=1S/C18H34O3/c1-2-3-4-7-10-15-13-14-17(19)16(15)11-8-5-6-9-12-18(20)21/h15-17,19H,2-14H2,1H3,(H,20,21)/t15-,16-,17+/m1/s1. The van der Waals surface area contributed by atoms with E-state index in [2.05, 4.69) is 6.92 Å². The maximum Gasteiger partial charge on any atom is 0.303 e. The van der Waals surface area contributed by atoms with Crippen molar-refractivity contribution in [3.05, 3.63) is 0 Å². The van der Waals surface area contributed by atoms with Gasteiger partial charge in [-0.1, -0.05) is 58.3 Å². The highest BCUT2D eigenvalue weighted by Gasteiger charge is 2.33. The van der Waals surface area contributed by atoms with E-state index in [0.717, 1.165) is 44.4 Å². The van der Waals surface area contributed by atoms with Crippen LogP contribution in [0.3, 0.4) is 0 Å². The van der Waals surface area contributed by atoms with Gasteiger partial charge in [0.1, 0.15) is 0 Å². The van der Waals surface area contributed by atoms with Gasteiger partial charge in [0.25, 0.3) is 0 Å². The Morgan fingerprint density at radius 2 is 1.62 bits per heavy atom. The van der Waals surface area contributed by atoms with Gasteiger partial charge in [0.2, 0.25) is 0 Å². The summed E-state index contributed by atoms with van der Waals surface area (Å²) in [6, 6.07) is 0. The molecule has 1 rings (SSSR count). The zero-order chi connectivity index (χ0) is 15.5. The lowest BCUT2D eigenvalue weighted by atomic mass is 9.86. The molecule has 0 bridgehead atoms. The molecule has 0 aromatic carbocycles. The number of aliphatic carboxylic acids is 1. The Morgan fingerprint density at radius 3 is 2.33 bits per heavy atom. The zero-order valence-electron chi connectivity index (χ0n) is 13.7.